The van der Waals surface area contributed by atoms with Crippen molar-refractivity contribution in [3.05, 3.63) is 42.5 Å². The summed E-state index contributed by atoms with van der Waals surface area (Å²) in [5, 5.41) is 9.00. The predicted octanol–water partition coefficient (Wildman–Crippen LogP) is 2.96. The van der Waals surface area contributed by atoms with E-state index in [1.165, 1.54) is 0 Å². The quantitative estimate of drug-likeness (QED) is 0.683. The normalized spacial score (nSPS) is 9.33. The molecule has 78 valence electrons. The number of nitrogens with zero attached hydrogens (tertiary/aromatic N) is 2. The van der Waals surface area contributed by atoms with E-state index in [4.69, 9.17) is 5.26 Å². The third-order valence-electron chi connectivity index (χ3n) is 2.21. The summed E-state index contributed by atoms with van der Waals surface area (Å²) in [6, 6.07) is 9.90. The van der Waals surface area contributed by atoms with Crippen LogP contribution in [-0.2, 0) is 0 Å². The van der Waals surface area contributed by atoms with E-state index in [2.05, 4.69) is 24.5 Å². The topological polar surface area (TPSA) is 27.0 Å². The Hall–Kier alpha value is -1.75. The van der Waals surface area contributed by atoms with Gasteiger partial charge >= 0.3 is 0 Å². The van der Waals surface area contributed by atoms with Gasteiger partial charge in [-0.1, -0.05) is 25.1 Å². The van der Waals surface area contributed by atoms with Crippen molar-refractivity contribution in [2.24, 2.45) is 0 Å². The summed E-state index contributed by atoms with van der Waals surface area (Å²) >= 11 is 0. The number of hydrogen-bond acceptors (Lipinski definition) is 2. The van der Waals surface area contributed by atoms with Gasteiger partial charge in [-0.3, -0.25) is 0 Å². The Bertz CT molecular complexity index is 363. The SMILES string of the molecule is C=CCN(CCC)c1ccccc1C#N. The Balaban J connectivity index is 2.99. The highest BCUT2D eigenvalue weighted by Gasteiger charge is 2.07. The molecule has 1 aromatic carbocycles. The largest absolute Gasteiger partial charge is 0.367 e. The van der Waals surface area contributed by atoms with E-state index >= 15 is 0 Å². The first-order valence-corrected chi connectivity index (χ1v) is 5.18. The van der Waals surface area contributed by atoms with Gasteiger partial charge in [0.05, 0.1) is 11.3 Å². The number of nitriles is 1. The van der Waals surface area contributed by atoms with Crippen LogP contribution >= 0.6 is 0 Å². The molecule has 0 bridgehead atoms. The summed E-state index contributed by atoms with van der Waals surface area (Å²) in [4.78, 5) is 2.17. The number of hydrogen-bond donors (Lipinski definition) is 0. The number of para-hydroxylation sites is 1. The molecule has 0 saturated carbocycles. The van der Waals surface area contributed by atoms with Crippen LogP contribution in [0, 0.1) is 11.3 Å². The first-order valence-electron chi connectivity index (χ1n) is 5.18. The van der Waals surface area contributed by atoms with E-state index in [1.54, 1.807) is 0 Å². The highest BCUT2D eigenvalue weighted by atomic mass is 15.1. The van der Waals surface area contributed by atoms with Crippen molar-refractivity contribution in [1.29, 1.82) is 5.26 Å². The molecule has 0 aliphatic heterocycles. The second kappa shape index (κ2) is 5.87. The van der Waals surface area contributed by atoms with E-state index in [0.717, 1.165) is 30.8 Å². The summed E-state index contributed by atoms with van der Waals surface area (Å²) in [5.41, 5.74) is 1.73. The Labute approximate surface area is 91.4 Å². The molecule has 0 spiro atoms. The summed E-state index contributed by atoms with van der Waals surface area (Å²) in [7, 11) is 0. The highest BCUT2D eigenvalue weighted by molar-refractivity contribution is 5.59. The van der Waals surface area contributed by atoms with Crippen LogP contribution in [0.5, 0.6) is 0 Å². The van der Waals surface area contributed by atoms with Gasteiger partial charge in [-0.05, 0) is 18.6 Å². The first-order chi connectivity index (χ1) is 7.33. The maximum atomic E-state index is 9.00. The monoisotopic (exact) mass is 200 g/mol. The van der Waals surface area contributed by atoms with E-state index in [9.17, 15) is 0 Å². The molecular formula is C13H16N2. The van der Waals surface area contributed by atoms with Crippen LogP contribution in [-0.4, -0.2) is 13.1 Å². The predicted molar refractivity (Wildman–Crippen MR) is 63.9 cm³/mol. The lowest BCUT2D eigenvalue weighted by atomic mass is 10.1. The molecule has 1 rings (SSSR count). The minimum atomic E-state index is 0.729. The molecule has 0 unspecified atom stereocenters. The molecule has 0 aliphatic rings. The second-order valence-electron chi connectivity index (χ2n) is 3.36. The Kier molecular flexibility index (Phi) is 4.43. The standard InChI is InChI=1S/C13H16N2/c1-3-9-15(10-4-2)13-8-6-5-7-12(13)11-14/h3,5-8H,1,4,9-10H2,2H3. The van der Waals surface area contributed by atoms with Crippen molar-refractivity contribution >= 4 is 5.69 Å². The minimum absolute atomic E-state index is 0.729. The molecule has 0 atom stereocenters. The lowest BCUT2D eigenvalue weighted by Gasteiger charge is -2.23. The molecule has 0 aliphatic carbocycles. The van der Waals surface area contributed by atoms with Crippen molar-refractivity contribution < 1.29 is 0 Å². The molecule has 15 heavy (non-hydrogen) atoms. The highest BCUT2D eigenvalue weighted by Crippen LogP contribution is 2.19. The molecule has 2 nitrogen and oxygen atoms in total. The zero-order valence-corrected chi connectivity index (χ0v) is 9.11. The molecule has 0 N–H and O–H groups in total. The van der Waals surface area contributed by atoms with Gasteiger partial charge in [0.1, 0.15) is 6.07 Å². The molecule has 0 heterocycles. The van der Waals surface area contributed by atoms with Gasteiger partial charge < -0.3 is 4.90 Å². The van der Waals surface area contributed by atoms with Crippen LogP contribution in [0.4, 0.5) is 5.69 Å². The van der Waals surface area contributed by atoms with E-state index < -0.39 is 0 Å². The molecule has 0 aromatic heterocycles. The van der Waals surface area contributed by atoms with Crippen molar-refractivity contribution in [1.82, 2.24) is 0 Å². The van der Waals surface area contributed by atoms with Crippen LogP contribution in [0.2, 0.25) is 0 Å². The average molecular weight is 200 g/mol. The lowest BCUT2D eigenvalue weighted by molar-refractivity contribution is 0.815. The van der Waals surface area contributed by atoms with Gasteiger partial charge in [0.15, 0.2) is 0 Å². The maximum absolute atomic E-state index is 9.00. The van der Waals surface area contributed by atoms with Crippen molar-refractivity contribution in [3.8, 4) is 6.07 Å². The molecule has 0 fully saturated rings. The molecule has 0 amide bonds. The van der Waals surface area contributed by atoms with Gasteiger partial charge in [-0.15, -0.1) is 6.58 Å². The van der Waals surface area contributed by atoms with Gasteiger partial charge in [-0.2, -0.15) is 5.26 Å². The van der Waals surface area contributed by atoms with Crippen LogP contribution in [0.1, 0.15) is 18.9 Å². The summed E-state index contributed by atoms with van der Waals surface area (Å²) < 4.78 is 0. The maximum Gasteiger partial charge on any atom is 0.101 e. The third kappa shape index (κ3) is 2.85. The van der Waals surface area contributed by atoms with Gasteiger partial charge in [0.2, 0.25) is 0 Å². The molecule has 0 saturated heterocycles. The fourth-order valence-electron chi connectivity index (χ4n) is 1.58. The Morgan fingerprint density at radius 2 is 2.20 bits per heavy atom. The van der Waals surface area contributed by atoms with E-state index in [-0.39, 0.29) is 0 Å². The fraction of sp³-hybridized carbons (Fsp3) is 0.308. The van der Waals surface area contributed by atoms with E-state index in [1.807, 2.05) is 30.3 Å². The number of rotatable bonds is 5. The van der Waals surface area contributed by atoms with Crippen LogP contribution < -0.4 is 4.90 Å². The fourth-order valence-corrected chi connectivity index (χ4v) is 1.58. The molecule has 2 heteroatoms. The minimum Gasteiger partial charge on any atom is -0.367 e. The van der Waals surface area contributed by atoms with Gasteiger partial charge in [-0.25, -0.2) is 0 Å². The van der Waals surface area contributed by atoms with Crippen LogP contribution in [0.3, 0.4) is 0 Å². The zero-order chi connectivity index (χ0) is 11.1. The molecular weight excluding hydrogens is 184 g/mol. The second-order valence-corrected chi connectivity index (χ2v) is 3.36. The smallest absolute Gasteiger partial charge is 0.101 e. The van der Waals surface area contributed by atoms with Crippen LogP contribution in [0.25, 0.3) is 0 Å². The Morgan fingerprint density at radius 1 is 1.47 bits per heavy atom. The number of anilines is 1. The van der Waals surface area contributed by atoms with E-state index in [0.29, 0.717) is 0 Å². The van der Waals surface area contributed by atoms with Gasteiger partial charge in [0.25, 0.3) is 0 Å². The Morgan fingerprint density at radius 3 is 2.80 bits per heavy atom. The lowest BCUT2D eigenvalue weighted by Crippen LogP contribution is -2.24. The average Bonchev–Trinajstić information content (AvgIpc) is 2.29. The first kappa shape index (κ1) is 11.3. The van der Waals surface area contributed by atoms with Crippen molar-refractivity contribution in [2.75, 3.05) is 18.0 Å². The van der Waals surface area contributed by atoms with Crippen LogP contribution in [0.15, 0.2) is 36.9 Å². The van der Waals surface area contributed by atoms with Crippen molar-refractivity contribution in [3.63, 3.8) is 0 Å². The zero-order valence-electron chi connectivity index (χ0n) is 9.11. The summed E-state index contributed by atoms with van der Waals surface area (Å²) in [5.74, 6) is 0. The summed E-state index contributed by atoms with van der Waals surface area (Å²) in [6.07, 6.45) is 2.93. The van der Waals surface area contributed by atoms with Gasteiger partial charge in [0, 0.05) is 13.1 Å². The van der Waals surface area contributed by atoms with Crippen molar-refractivity contribution in [2.45, 2.75) is 13.3 Å². The third-order valence-corrected chi connectivity index (χ3v) is 2.21. The molecule has 1 aromatic rings. The number of benzene rings is 1. The summed E-state index contributed by atoms with van der Waals surface area (Å²) in [6.45, 7) is 7.60. The molecule has 0 radical (unpaired) electrons.